The van der Waals surface area contributed by atoms with Crippen LogP contribution in [-0.2, 0) is 9.53 Å². The second kappa shape index (κ2) is 10.3. The van der Waals surface area contributed by atoms with Crippen molar-refractivity contribution in [2.24, 2.45) is 5.92 Å². The highest BCUT2D eigenvalue weighted by Crippen LogP contribution is 2.11. The fourth-order valence-electron chi connectivity index (χ4n) is 1.20. The van der Waals surface area contributed by atoms with E-state index in [2.05, 4.69) is 13.8 Å². The Balaban J connectivity index is 3.08. The molecule has 0 saturated heterocycles. The van der Waals surface area contributed by atoms with Gasteiger partial charge in [0.2, 0.25) is 0 Å². The molecule has 0 aromatic carbocycles. The van der Waals surface area contributed by atoms with Crippen molar-refractivity contribution in [1.29, 1.82) is 0 Å². The molecule has 0 aliphatic carbocycles. The molecule has 0 N–H and O–H groups in total. The molecule has 0 aliphatic rings. The van der Waals surface area contributed by atoms with Gasteiger partial charge in [0.25, 0.3) is 0 Å². The van der Waals surface area contributed by atoms with Crippen LogP contribution in [0.2, 0.25) is 0 Å². The predicted molar refractivity (Wildman–Crippen MR) is 67.3 cm³/mol. The van der Waals surface area contributed by atoms with Crippen molar-refractivity contribution in [3.05, 3.63) is 0 Å². The lowest BCUT2D eigenvalue weighted by Crippen LogP contribution is -2.03. The molecule has 0 atom stereocenters. The first-order chi connectivity index (χ1) is 7.16. The van der Waals surface area contributed by atoms with Gasteiger partial charge >= 0.3 is 5.97 Å². The molecule has 0 aromatic rings. The second-order valence-corrected chi connectivity index (χ2v) is 5.23. The summed E-state index contributed by atoms with van der Waals surface area (Å²) in [6.07, 6.45) is 3.92. The standard InChI is InChI=1S/C12H24O2S/c1-4-14-12(13)8-6-5-7-9-15-10-11(2)3/h11H,4-10H2,1-3H3. The van der Waals surface area contributed by atoms with Gasteiger partial charge in [0.1, 0.15) is 0 Å². The molecule has 90 valence electrons. The van der Waals surface area contributed by atoms with E-state index in [0.717, 1.165) is 18.8 Å². The van der Waals surface area contributed by atoms with Gasteiger partial charge in [0.15, 0.2) is 0 Å². The van der Waals surface area contributed by atoms with Crippen LogP contribution in [0.3, 0.4) is 0 Å². The summed E-state index contributed by atoms with van der Waals surface area (Å²) >= 11 is 2.01. The van der Waals surface area contributed by atoms with Crippen molar-refractivity contribution in [2.75, 3.05) is 18.1 Å². The normalized spacial score (nSPS) is 10.7. The predicted octanol–water partition coefficient (Wildman–Crippen LogP) is 3.50. The molecule has 0 rings (SSSR count). The molecule has 0 unspecified atom stereocenters. The van der Waals surface area contributed by atoms with E-state index < -0.39 is 0 Å². The Morgan fingerprint density at radius 2 is 2.00 bits per heavy atom. The van der Waals surface area contributed by atoms with Crippen molar-refractivity contribution in [3.63, 3.8) is 0 Å². The molecular weight excluding hydrogens is 208 g/mol. The van der Waals surface area contributed by atoms with E-state index in [1.165, 1.54) is 17.9 Å². The molecule has 0 aliphatic heterocycles. The fraction of sp³-hybridized carbons (Fsp3) is 0.917. The molecule has 3 heteroatoms. The highest BCUT2D eigenvalue weighted by Gasteiger charge is 2.00. The molecule has 0 spiro atoms. The average Bonchev–Trinajstić information content (AvgIpc) is 2.16. The first kappa shape index (κ1) is 14.8. The molecule has 0 aromatic heterocycles. The summed E-state index contributed by atoms with van der Waals surface area (Å²) in [6.45, 7) is 6.84. The van der Waals surface area contributed by atoms with Crippen LogP contribution < -0.4 is 0 Å². The van der Waals surface area contributed by atoms with E-state index in [1.807, 2.05) is 18.7 Å². The van der Waals surface area contributed by atoms with E-state index in [1.54, 1.807) is 0 Å². The Hall–Kier alpha value is -0.180. The number of carbonyl (C=O) groups excluding carboxylic acids is 1. The van der Waals surface area contributed by atoms with Gasteiger partial charge in [-0.3, -0.25) is 4.79 Å². The van der Waals surface area contributed by atoms with Crippen molar-refractivity contribution in [1.82, 2.24) is 0 Å². The summed E-state index contributed by atoms with van der Waals surface area (Å²) in [7, 11) is 0. The number of hydrogen-bond donors (Lipinski definition) is 0. The van der Waals surface area contributed by atoms with Crippen molar-refractivity contribution in [3.8, 4) is 0 Å². The minimum absolute atomic E-state index is 0.0488. The van der Waals surface area contributed by atoms with E-state index in [4.69, 9.17) is 4.74 Å². The Kier molecular flexibility index (Phi) is 10.2. The molecule has 0 heterocycles. The number of rotatable bonds is 9. The lowest BCUT2D eigenvalue weighted by atomic mass is 10.2. The number of thioether (sulfide) groups is 1. The van der Waals surface area contributed by atoms with Gasteiger partial charge in [-0.25, -0.2) is 0 Å². The minimum Gasteiger partial charge on any atom is -0.466 e. The summed E-state index contributed by atoms with van der Waals surface area (Å²) in [5, 5.41) is 0. The van der Waals surface area contributed by atoms with Crippen LogP contribution in [0.5, 0.6) is 0 Å². The van der Waals surface area contributed by atoms with E-state index >= 15 is 0 Å². The quantitative estimate of drug-likeness (QED) is 0.449. The summed E-state index contributed by atoms with van der Waals surface area (Å²) in [5.74, 6) is 3.21. The maximum absolute atomic E-state index is 11.0. The van der Waals surface area contributed by atoms with Crippen LogP contribution in [0.1, 0.15) is 46.5 Å². The molecule has 0 bridgehead atoms. The molecule has 0 radical (unpaired) electrons. The number of hydrogen-bond acceptors (Lipinski definition) is 3. The number of unbranched alkanes of at least 4 members (excludes halogenated alkanes) is 2. The van der Waals surface area contributed by atoms with E-state index in [-0.39, 0.29) is 5.97 Å². The highest BCUT2D eigenvalue weighted by molar-refractivity contribution is 7.99. The summed E-state index contributed by atoms with van der Waals surface area (Å²) in [4.78, 5) is 11.0. The van der Waals surface area contributed by atoms with Gasteiger partial charge in [-0.2, -0.15) is 11.8 Å². The molecule has 15 heavy (non-hydrogen) atoms. The van der Waals surface area contributed by atoms with Crippen LogP contribution >= 0.6 is 11.8 Å². The van der Waals surface area contributed by atoms with Crippen LogP contribution in [0.4, 0.5) is 0 Å². The smallest absolute Gasteiger partial charge is 0.305 e. The van der Waals surface area contributed by atoms with Crippen molar-refractivity contribution in [2.45, 2.75) is 46.5 Å². The largest absolute Gasteiger partial charge is 0.466 e. The highest BCUT2D eigenvalue weighted by atomic mass is 32.2. The van der Waals surface area contributed by atoms with Crippen LogP contribution in [0.25, 0.3) is 0 Å². The number of carbonyl (C=O) groups is 1. The Morgan fingerprint density at radius 1 is 1.27 bits per heavy atom. The Labute approximate surface area is 98.2 Å². The second-order valence-electron chi connectivity index (χ2n) is 4.08. The lowest BCUT2D eigenvalue weighted by Gasteiger charge is -2.04. The van der Waals surface area contributed by atoms with Gasteiger partial charge < -0.3 is 4.74 Å². The molecular formula is C12H24O2S. The molecule has 0 fully saturated rings. The van der Waals surface area contributed by atoms with Gasteiger partial charge in [-0.15, -0.1) is 0 Å². The lowest BCUT2D eigenvalue weighted by molar-refractivity contribution is -0.143. The Morgan fingerprint density at radius 3 is 2.60 bits per heavy atom. The molecule has 0 saturated carbocycles. The Bertz CT molecular complexity index is 158. The van der Waals surface area contributed by atoms with Crippen molar-refractivity contribution < 1.29 is 9.53 Å². The van der Waals surface area contributed by atoms with Gasteiger partial charge in [-0.05, 0) is 37.2 Å². The number of esters is 1. The summed E-state index contributed by atoms with van der Waals surface area (Å²) in [5.41, 5.74) is 0. The summed E-state index contributed by atoms with van der Waals surface area (Å²) in [6, 6.07) is 0. The summed E-state index contributed by atoms with van der Waals surface area (Å²) < 4.78 is 4.86. The number of ether oxygens (including phenoxy) is 1. The zero-order valence-corrected chi connectivity index (χ0v) is 11.1. The van der Waals surface area contributed by atoms with Gasteiger partial charge in [0.05, 0.1) is 6.61 Å². The topological polar surface area (TPSA) is 26.3 Å². The van der Waals surface area contributed by atoms with Crippen LogP contribution in [0.15, 0.2) is 0 Å². The maximum atomic E-state index is 11.0. The third-order valence-electron chi connectivity index (χ3n) is 1.93. The first-order valence-corrected chi connectivity index (χ1v) is 7.05. The maximum Gasteiger partial charge on any atom is 0.305 e. The minimum atomic E-state index is -0.0488. The van der Waals surface area contributed by atoms with Crippen LogP contribution in [-0.4, -0.2) is 24.1 Å². The van der Waals surface area contributed by atoms with Crippen molar-refractivity contribution >= 4 is 17.7 Å². The molecule has 2 nitrogen and oxygen atoms in total. The van der Waals surface area contributed by atoms with E-state index in [0.29, 0.717) is 13.0 Å². The zero-order chi connectivity index (χ0) is 11.5. The van der Waals surface area contributed by atoms with E-state index in [9.17, 15) is 4.79 Å². The van der Waals surface area contributed by atoms with Gasteiger partial charge in [0, 0.05) is 6.42 Å². The third-order valence-corrected chi connectivity index (χ3v) is 3.41. The first-order valence-electron chi connectivity index (χ1n) is 5.90. The SMILES string of the molecule is CCOC(=O)CCCCCSCC(C)C. The zero-order valence-electron chi connectivity index (χ0n) is 10.3. The molecule has 0 amide bonds. The monoisotopic (exact) mass is 232 g/mol. The van der Waals surface area contributed by atoms with Gasteiger partial charge in [-0.1, -0.05) is 20.3 Å². The average molecular weight is 232 g/mol. The van der Waals surface area contributed by atoms with Crippen LogP contribution in [0, 0.1) is 5.92 Å². The third kappa shape index (κ3) is 11.7. The fourth-order valence-corrected chi connectivity index (χ4v) is 2.25.